The van der Waals surface area contributed by atoms with Crippen LogP contribution in [0.4, 0.5) is 0 Å². The number of hydrogen-bond acceptors (Lipinski definition) is 2. The maximum Gasteiger partial charge on any atom is 0.125 e. The minimum Gasteiger partial charge on any atom is -0.313 e. The summed E-state index contributed by atoms with van der Waals surface area (Å²) in [5.74, 6) is 0. The highest BCUT2D eigenvalue weighted by Gasteiger charge is 2.25. The van der Waals surface area contributed by atoms with Crippen molar-refractivity contribution in [2.75, 3.05) is 0 Å². The molecule has 4 aromatic carbocycles. The van der Waals surface area contributed by atoms with Gasteiger partial charge >= 0.3 is 0 Å². The van der Waals surface area contributed by atoms with E-state index in [1.54, 1.807) is 0 Å². The molecule has 3 heteroatoms. The van der Waals surface area contributed by atoms with Crippen LogP contribution in [0.3, 0.4) is 0 Å². The van der Waals surface area contributed by atoms with Gasteiger partial charge in [0.25, 0.3) is 0 Å². The summed E-state index contributed by atoms with van der Waals surface area (Å²) >= 11 is 0. The molecule has 0 saturated carbocycles. The number of hydrogen-bond donors (Lipinski definition) is 1. The number of fused-ring (bicyclic) bond motifs is 3. The lowest BCUT2D eigenvalue weighted by Gasteiger charge is -2.21. The molecular formula is C34H31N3. The lowest BCUT2D eigenvalue weighted by molar-refractivity contribution is 0.483. The number of benzene rings is 4. The highest BCUT2D eigenvalue weighted by molar-refractivity contribution is 6.01. The summed E-state index contributed by atoms with van der Waals surface area (Å²) in [6, 6.07) is 36.8. The van der Waals surface area contributed by atoms with E-state index in [4.69, 9.17) is 0 Å². The van der Waals surface area contributed by atoms with Crippen LogP contribution in [0.2, 0.25) is 0 Å². The minimum absolute atomic E-state index is 0.104. The predicted molar refractivity (Wildman–Crippen MR) is 156 cm³/mol. The molecule has 0 fully saturated rings. The Morgan fingerprint density at radius 2 is 1.54 bits per heavy atom. The van der Waals surface area contributed by atoms with Crippen LogP contribution in [0.25, 0.3) is 28.2 Å². The molecule has 37 heavy (non-hydrogen) atoms. The Balaban J connectivity index is 1.42. The van der Waals surface area contributed by atoms with Crippen molar-refractivity contribution in [2.45, 2.75) is 32.5 Å². The first-order valence-electron chi connectivity index (χ1n) is 12.9. The molecule has 1 aliphatic carbocycles. The van der Waals surface area contributed by atoms with E-state index in [0.717, 1.165) is 12.0 Å². The minimum atomic E-state index is -0.155. The van der Waals surface area contributed by atoms with Crippen LogP contribution in [-0.4, -0.2) is 11.3 Å². The fraction of sp³-hybridized carbons (Fsp3) is 0.147. The summed E-state index contributed by atoms with van der Waals surface area (Å²) in [6.45, 7) is 8.17. The summed E-state index contributed by atoms with van der Waals surface area (Å²) in [5.41, 5.74) is 11.4. The quantitative estimate of drug-likeness (QED) is 0.234. The zero-order valence-electron chi connectivity index (χ0n) is 21.4. The van der Waals surface area contributed by atoms with Crippen LogP contribution >= 0.6 is 0 Å². The number of allylic oxidation sites excluding steroid dienone is 1. The van der Waals surface area contributed by atoms with E-state index in [9.17, 15) is 0 Å². The number of nitrogens with one attached hydrogen (secondary N) is 1. The number of rotatable bonds is 7. The molecule has 0 aliphatic heterocycles. The number of aryl methyl sites for hydroxylation is 1. The van der Waals surface area contributed by atoms with Crippen molar-refractivity contribution >= 4 is 29.3 Å². The Labute approximate surface area is 218 Å². The third-order valence-electron chi connectivity index (χ3n) is 7.45. The monoisotopic (exact) mass is 481 g/mol. The average Bonchev–Trinajstić information content (AvgIpc) is 3.50. The van der Waals surface area contributed by atoms with Gasteiger partial charge in [-0.05, 0) is 67.1 Å². The molecular weight excluding hydrogens is 450 g/mol. The molecule has 3 nitrogen and oxygen atoms in total. The number of nitrogens with zero attached hydrogens (tertiary/aromatic N) is 2. The lowest BCUT2D eigenvalue weighted by Crippen LogP contribution is -2.23. The highest BCUT2D eigenvalue weighted by Crippen LogP contribution is 2.41. The van der Waals surface area contributed by atoms with Gasteiger partial charge in [-0.25, -0.2) is 0 Å². The smallest absolute Gasteiger partial charge is 0.125 e. The van der Waals surface area contributed by atoms with Gasteiger partial charge in [0.15, 0.2) is 0 Å². The third-order valence-corrected chi connectivity index (χ3v) is 7.45. The second-order valence-corrected chi connectivity index (χ2v) is 9.90. The molecule has 2 atom stereocenters. The topological polar surface area (TPSA) is 29.3 Å². The molecule has 182 valence electrons. The Morgan fingerprint density at radius 3 is 2.24 bits per heavy atom. The van der Waals surface area contributed by atoms with Gasteiger partial charge in [0, 0.05) is 34.8 Å². The van der Waals surface area contributed by atoms with Crippen molar-refractivity contribution in [3.63, 3.8) is 0 Å². The Kier molecular flexibility index (Phi) is 6.07. The van der Waals surface area contributed by atoms with Crippen LogP contribution in [0, 0.1) is 6.92 Å². The van der Waals surface area contributed by atoms with E-state index in [1.807, 2.05) is 18.2 Å². The molecule has 6 rings (SSSR count). The van der Waals surface area contributed by atoms with Gasteiger partial charge in [-0.3, -0.25) is 10.3 Å². The molecule has 0 amide bonds. The molecule has 1 N–H and O–H groups in total. The van der Waals surface area contributed by atoms with Crippen LogP contribution in [0.15, 0.2) is 108 Å². The molecule has 0 spiro atoms. The second-order valence-electron chi connectivity index (χ2n) is 9.90. The zero-order chi connectivity index (χ0) is 25.4. The molecule has 2 unspecified atom stereocenters. The second kappa shape index (κ2) is 9.68. The van der Waals surface area contributed by atoms with Crippen molar-refractivity contribution in [3.05, 3.63) is 137 Å². The normalized spacial score (nSPS) is 14.3. The summed E-state index contributed by atoms with van der Waals surface area (Å²) < 4.78 is 2.44. The van der Waals surface area contributed by atoms with Gasteiger partial charge in [-0.15, -0.1) is 0 Å². The fourth-order valence-corrected chi connectivity index (χ4v) is 5.44. The van der Waals surface area contributed by atoms with Crippen molar-refractivity contribution in [1.82, 2.24) is 9.88 Å². The molecule has 5 aromatic rings. The largest absolute Gasteiger partial charge is 0.313 e. The first-order valence-corrected chi connectivity index (χ1v) is 12.9. The zero-order valence-corrected chi connectivity index (χ0v) is 21.4. The van der Waals surface area contributed by atoms with Crippen molar-refractivity contribution in [2.24, 2.45) is 4.99 Å². The number of aromatic nitrogens is 1. The van der Waals surface area contributed by atoms with E-state index in [2.05, 4.69) is 126 Å². The third kappa shape index (κ3) is 4.32. The van der Waals surface area contributed by atoms with Gasteiger partial charge in [0.2, 0.25) is 0 Å². The van der Waals surface area contributed by atoms with Gasteiger partial charge in [0.05, 0.1) is 5.52 Å². The lowest BCUT2D eigenvalue weighted by atomic mass is 10.0. The summed E-state index contributed by atoms with van der Waals surface area (Å²) in [7, 11) is 0. The molecule has 1 aromatic heterocycles. The predicted octanol–water partition coefficient (Wildman–Crippen LogP) is 8.09. The Bertz CT molecular complexity index is 1590. The summed E-state index contributed by atoms with van der Waals surface area (Å²) in [6.07, 6.45) is 3.15. The fourth-order valence-electron chi connectivity index (χ4n) is 5.44. The Hall–Kier alpha value is -4.21. The first kappa shape index (κ1) is 23.2. The molecule has 0 saturated heterocycles. The van der Waals surface area contributed by atoms with Crippen LogP contribution in [0.1, 0.15) is 52.6 Å². The van der Waals surface area contributed by atoms with E-state index in [1.165, 1.54) is 50.1 Å². The summed E-state index contributed by atoms with van der Waals surface area (Å²) in [4.78, 5) is 4.36. The SMILES string of the molecule is C=NC(NC(C)c1ccc2c3c(n(-c4ccccc4)c2c1)CC(c1ccc(C)cc1)=C3)c1ccccc1. The summed E-state index contributed by atoms with van der Waals surface area (Å²) in [5, 5.41) is 4.95. The van der Waals surface area contributed by atoms with E-state index in [0.29, 0.717) is 0 Å². The van der Waals surface area contributed by atoms with Crippen molar-refractivity contribution in [3.8, 4) is 5.69 Å². The molecule has 0 radical (unpaired) electrons. The van der Waals surface area contributed by atoms with Gasteiger partial charge in [-0.2, -0.15) is 0 Å². The highest BCUT2D eigenvalue weighted by atomic mass is 15.1. The molecule has 1 aliphatic rings. The average molecular weight is 482 g/mol. The van der Waals surface area contributed by atoms with Crippen LogP contribution in [0.5, 0.6) is 0 Å². The van der Waals surface area contributed by atoms with Crippen molar-refractivity contribution in [1.29, 1.82) is 0 Å². The standard InChI is InChI=1S/C34H31N3/c1-23-14-16-25(17-15-23)28-20-31-30-19-18-27(24(2)36-34(35-3)26-10-6-4-7-11-26)21-32(30)37(33(31)22-28)29-12-8-5-9-13-29/h4-21,24,34,36H,3,22H2,1-2H3. The maximum atomic E-state index is 4.36. The van der Waals surface area contributed by atoms with E-state index >= 15 is 0 Å². The van der Waals surface area contributed by atoms with E-state index in [-0.39, 0.29) is 12.2 Å². The maximum absolute atomic E-state index is 4.36. The van der Waals surface area contributed by atoms with Crippen molar-refractivity contribution < 1.29 is 0 Å². The van der Waals surface area contributed by atoms with E-state index < -0.39 is 0 Å². The number of para-hydroxylation sites is 1. The van der Waals surface area contributed by atoms with Crippen LogP contribution in [-0.2, 0) is 6.42 Å². The molecule has 1 heterocycles. The van der Waals surface area contributed by atoms with Gasteiger partial charge in [0.1, 0.15) is 6.17 Å². The Morgan fingerprint density at radius 1 is 0.838 bits per heavy atom. The molecule has 0 bridgehead atoms. The van der Waals surface area contributed by atoms with Gasteiger partial charge in [-0.1, -0.05) is 90.5 Å². The van der Waals surface area contributed by atoms with Gasteiger partial charge < -0.3 is 4.57 Å². The number of aliphatic imine (C=N–C) groups is 1. The van der Waals surface area contributed by atoms with Crippen LogP contribution < -0.4 is 5.32 Å². The first-order chi connectivity index (χ1) is 18.1.